The number of rotatable bonds is 6. The fraction of sp³-hybridized carbons (Fsp3) is 0.0952. The molecule has 1 N–H and O–H groups in total. The van der Waals surface area contributed by atoms with Crippen LogP contribution in [0.25, 0.3) is 6.08 Å². The Labute approximate surface area is 182 Å². The Balaban J connectivity index is 1.70. The van der Waals surface area contributed by atoms with Crippen molar-refractivity contribution in [3.05, 3.63) is 86.8 Å². The maximum atomic E-state index is 12.7. The molecule has 9 heteroatoms. The van der Waals surface area contributed by atoms with E-state index in [4.69, 9.17) is 12.2 Å². The number of nitro groups is 1. The molecule has 1 saturated heterocycles. The molecule has 0 atom stereocenters. The highest BCUT2D eigenvalue weighted by atomic mass is 32.2. The van der Waals surface area contributed by atoms with Gasteiger partial charge in [-0.25, -0.2) is 0 Å². The molecule has 0 aliphatic carbocycles. The second kappa shape index (κ2) is 9.47. The predicted molar refractivity (Wildman–Crippen MR) is 122 cm³/mol. The van der Waals surface area contributed by atoms with Crippen molar-refractivity contribution in [1.82, 2.24) is 4.90 Å². The first-order valence-corrected chi connectivity index (χ1v) is 10.1. The number of hydrogen-bond acceptors (Lipinski definition) is 6. The largest absolute Gasteiger partial charge is 0.319 e. The lowest BCUT2D eigenvalue weighted by Gasteiger charge is -2.14. The Kier molecular flexibility index (Phi) is 6.76. The van der Waals surface area contributed by atoms with Crippen LogP contribution in [0.1, 0.15) is 12.5 Å². The van der Waals surface area contributed by atoms with Crippen molar-refractivity contribution in [2.75, 3.05) is 11.9 Å². The molecule has 30 heavy (non-hydrogen) atoms. The Hall–Kier alpha value is -3.30. The molecule has 0 saturated carbocycles. The fourth-order valence-corrected chi connectivity index (χ4v) is 4.07. The van der Waals surface area contributed by atoms with E-state index in [2.05, 4.69) is 5.32 Å². The maximum absolute atomic E-state index is 12.7. The van der Waals surface area contributed by atoms with E-state index in [1.807, 2.05) is 43.3 Å². The van der Waals surface area contributed by atoms with Crippen LogP contribution in [0.5, 0.6) is 0 Å². The van der Waals surface area contributed by atoms with Crippen molar-refractivity contribution in [1.29, 1.82) is 0 Å². The van der Waals surface area contributed by atoms with Gasteiger partial charge >= 0.3 is 0 Å². The number of anilines is 1. The third-order valence-electron chi connectivity index (χ3n) is 4.10. The summed E-state index contributed by atoms with van der Waals surface area (Å²) >= 11 is 6.36. The highest BCUT2D eigenvalue weighted by molar-refractivity contribution is 8.26. The second-order valence-electron chi connectivity index (χ2n) is 6.39. The van der Waals surface area contributed by atoms with Crippen LogP contribution in [0.3, 0.4) is 0 Å². The molecule has 3 rings (SSSR count). The number of benzene rings is 2. The minimum atomic E-state index is -0.584. The van der Waals surface area contributed by atoms with Gasteiger partial charge in [0.15, 0.2) is 0 Å². The zero-order valence-corrected chi connectivity index (χ0v) is 17.5. The number of amides is 2. The Morgan fingerprint density at radius 3 is 2.57 bits per heavy atom. The smallest absolute Gasteiger partial charge is 0.292 e. The third-order valence-corrected chi connectivity index (χ3v) is 5.48. The molecule has 2 aromatic carbocycles. The van der Waals surface area contributed by atoms with Crippen LogP contribution in [-0.4, -0.2) is 32.5 Å². The van der Waals surface area contributed by atoms with Crippen molar-refractivity contribution in [3.63, 3.8) is 0 Å². The van der Waals surface area contributed by atoms with Crippen LogP contribution in [0.4, 0.5) is 11.4 Å². The van der Waals surface area contributed by atoms with E-state index in [0.717, 1.165) is 22.9 Å². The van der Waals surface area contributed by atoms with Crippen LogP contribution < -0.4 is 5.32 Å². The molecule has 0 spiro atoms. The molecule has 1 heterocycles. The van der Waals surface area contributed by atoms with Crippen LogP contribution in [0.15, 0.2) is 71.2 Å². The summed E-state index contributed by atoms with van der Waals surface area (Å²) in [6, 6.07) is 15.5. The van der Waals surface area contributed by atoms with E-state index in [1.165, 1.54) is 23.1 Å². The summed E-state index contributed by atoms with van der Waals surface area (Å²) in [6.07, 6.45) is 3.67. The number of carbonyl (C=O) groups excluding carboxylic acids is 2. The summed E-state index contributed by atoms with van der Waals surface area (Å²) in [5, 5.41) is 13.6. The van der Waals surface area contributed by atoms with Gasteiger partial charge in [-0.3, -0.25) is 24.6 Å². The molecular weight excluding hydrogens is 422 g/mol. The molecule has 1 aliphatic heterocycles. The molecule has 1 aliphatic rings. The van der Waals surface area contributed by atoms with Gasteiger partial charge in [0, 0.05) is 6.07 Å². The highest BCUT2D eigenvalue weighted by Crippen LogP contribution is 2.32. The van der Waals surface area contributed by atoms with Gasteiger partial charge in [0.1, 0.15) is 16.6 Å². The molecule has 2 amide bonds. The first kappa shape index (κ1) is 21.4. The van der Waals surface area contributed by atoms with E-state index < -0.39 is 10.8 Å². The zero-order chi connectivity index (χ0) is 21.7. The molecule has 0 aromatic heterocycles. The summed E-state index contributed by atoms with van der Waals surface area (Å²) < 4.78 is 0.261. The van der Waals surface area contributed by atoms with Gasteiger partial charge in [0.2, 0.25) is 5.91 Å². The summed E-state index contributed by atoms with van der Waals surface area (Å²) in [7, 11) is 0. The predicted octanol–water partition coefficient (Wildman–Crippen LogP) is 4.38. The summed E-state index contributed by atoms with van der Waals surface area (Å²) in [5.41, 5.74) is 1.71. The Morgan fingerprint density at radius 1 is 1.20 bits per heavy atom. The molecule has 152 valence electrons. The summed E-state index contributed by atoms with van der Waals surface area (Å²) in [6.45, 7) is 1.55. The van der Waals surface area contributed by atoms with Crippen molar-refractivity contribution < 1.29 is 14.5 Å². The van der Waals surface area contributed by atoms with Crippen molar-refractivity contribution in [2.45, 2.75) is 6.92 Å². The summed E-state index contributed by atoms with van der Waals surface area (Å²) in [5.74, 6) is -0.943. The maximum Gasteiger partial charge on any atom is 0.292 e. The monoisotopic (exact) mass is 439 g/mol. The standard InChI is InChI=1S/C21H17N3O4S2/c1-14(11-15-7-3-2-4-8-15)12-18-20(26)23(21(29)30-18)13-19(25)22-16-9-5-6-10-17(16)24(27)28/h2-12H,13H2,1H3,(H,22,25)/b14-11+,18-12-. The molecule has 0 unspecified atom stereocenters. The van der Waals surface area contributed by atoms with Gasteiger partial charge in [-0.2, -0.15) is 0 Å². The first-order chi connectivity index (χ1) is 14.3. The number of thioether (sulfide) groups is 1. The van der Waals surface area contributed by atoms with Crippen molar-refractivity contribution in [3.8, 4) is 0 Å². The van der Waals surface area contributed by atoms with Crippen LogP contribution >= 0.6 is 24.0 Å². The van der Waals surface area contributed by atoms with Crippen LogP contribution in [0.2, 0.25) is 0 Å². The van der Waals surface area contributed by atoms with Crippen LogP contribution in [0, 0.1) is 10.1 Å². The quantitative estimate of drug-likeness (QED) is 0.311. The van der Waals surface area contributed by atoms with Gasteiger partial charge in [0.25, 0.3) is 11.6 Å². The average Bonchev–Trinajstić information content (AvgIpc) is 2.96. The molecule has 1 fully saturated rings. The lowest BCUT2D eigenvalue weighted by atomic mass is 10.1. The number of thiocarbonyl (C=S) groups is 1. The minimum Gasteiger partial charge on any atom is -0.319 e. The van der Waals surface area contributed by atoms with Gasteiger partial charge in [0.05, 0.1) is 9.83 Å². The lowest BCUT2D eigenvalue weighted by molar-refractivity contribution is -0.383. The number of nitro benzene ring substituents is 1. The Morgan fingerprint density at radius 2 is 1.87 bits per heavy atom. The average molecular weight is 440 g/mol. The number of allylic oxidation sites excluding steroid dienone is 2. The molecule has 7 nitrogen and oxygen atoms in total. The number of para-hydroxylation sites is 2. The van der Waals surface area contributed by atoms with Gasteiger partial charge in [-0.05, 0) is 30.2 Å². The zero-order valence-electron chi connectivity index (χ0n) is 15.9. The highest BCUT2D eigenvalue weighted by Gasteiger charge is 2.33. The molecular formula is C21H17N3O4S2. The van der Waals surface area contributed by atoms with Crippen molar-refractivity contribution in [2.24, 2.45) is 0 Å². The fourth-order valence-electron chi connectivity index (χ4n) is 2.77. The number of hydrogen-bond donors (Lipinski definition) is 1. The van der Waals surface area contributed by atoms with E-state index in [0.29, 0.717) is 4.91 Å². The van der Waals surface area contributed by atoms with E-state index in [-0.39, 0.29) is 28.1 Å². The Bertz CT molecular complexity index is 1080. The molecule has 0 bridgehead atoms. The second-order valence-corrected chi connectivity index (χ2v) is 8.07. The topological polar surface area (TPSA) is 92.6 Å². The van der Waals surface area contributed by atoms with Crippen LogP contribution in [-0.2, 0) is 9.59 Å². The number of nitrogens with one attached hydrogen (secondary N) is 1. The normalized spacial score (nSPS) is 15.6. The third kappa shape index (κ3) is 5.19. The number of carbonyl (C=O) groups is 2. The van der Waals surface area contributed by atoms with E-state index in [9.17, 15) is 19.7 Å². The van der Waals surface area contributed by atoms with E-state index in [1.54, 1.807) is 12.1 Å². The van der Waals surface area contributed by atoms with Crippen molar-refractivity contribution >= 4 is 57.6 Å². The SMILES string of the molecule is CC(/C=C1\SC(=S)N(CC(=O)Nc2ccccc2[N+](=O)[O-])C1=O)=C\c1ccccc1. The van der Waals surface area contributed by atoms with Gasteiger partial charge < -0.3 is 5.32 Å². The minimum absolute atomic E-state index is 0.0649. The molecule has 0 radical (unpaired) electrons. The molecule has 2 aromatic rings. The van der Waals surface area contributed by atoms with E-state index >= 15 is 0 Å². The van der Waals surface area contributed by atoms with Gasteiger partial charge in [-0.1, -0.05) is 72.5 Å². The number of nitrogens with zero attached hydrogens (tertiary/aromatic N) is 2. The lowest BCUT2D eigenvalue weighted by Crippen LogP contribution is -2.36. The van der Waals surface area contributed by atoms with Gasteiger partial charge in [-0.15, -0.1) is 0 Å². The summed E-state index contributed by atoms with van der Waals surface area (Å²) in [4.78, 5) is 37.2. The first-order valence-electron chi connectivity index (χ1n) is 8.87.